The number of piperazine rings is 1. The van der Waals surface area contributed by atoms with Crippen molar-refractivity contribution in [3.05, 3.63) is 90.4 Å². The number of aryl methyl sites for hydroxylation is 1. The summed E-state index contributed by atoms with van der Waals surface area (Å²) in [6, 6.07) is 23.2. The van der Waals surface area contributed by atoms with Crippen LogP contribution in [-0.2, 0) is 4.79 Å². The number of anilines is 1. The molecule has 0 unspecified atom stereocenters. The van der Waals surface area contributed by atoms with Crippen molar-refractivity contribution < 1.29 is 14.0 Å². The topological polar surface area (TPSA) is 83.6 Å². The van der Waals surface area contributed by atoms with Gasteiger partial charge in [0, 0.05) is 37.8 Å². The number of nitrogens with one attached hydrogen (secondary N) is 1. The Morgan fingerprint density at radius 1 is 0.943 bits per heavy atom. The molecule has 0 saturated carbocycles. The lowest BCUT2D eigenvalue weighted by atomic mass is 10.1. The second-order valence-corrected chi connectivity index (χ2v) is 8.62. The lowest BCUT2D eigenvalue weighted by Gasteiger charge is -2.33. The Morgan fingerprint density at radius 2 is 1.69 bits per heavy atom. The van der Waals surface area contributed by atoms with Gasteiger partial charge in [-0.25, -0.2) is 4.68 Å². The zero-order valence-electron chi connectivity index (χ0n) is 19.6. The molecule has 1 aliphatic rings. The zero-order chi connectivity index (χ0) is 24.2. The Kier molecular flexibility index (Phi) is 6.45. The minimum atomic E-state index is -0.122. The fraction of sp³-hybridized carbons (Fsp3) is 0.222. The second-order valence-electron chi connectivity index (χ2n) is 8.62. The van der Waals surface area contributed by atoms with E-state index in [0.717, 1.165) is 16.9 Å². The monoisotopic (exact) mass is 469 g/mol. The van der Waals surface area contributed by atoms with Crippen molar-refractivity contribution in [3.8, 4) is 16.9 Å². The summed E-state index contributed by atoms with van der Waals surface area (Å²) in [6.45, 7) is 4.62. The van der Waals surface area contributed by atoms with E-state index in [1.807, 2.05) is 72.5 Å². The van der Waals surface area contributed by atoms with Gasteiger partial charge in [-0.3, -0.25) is 14.5 Å². The van der Waals surface area contributed by atoms with Gasteiger partial charge < -0.3 is 14.6 Å². The van der Waals surface area contributed by atoms with Crippen LogP contribution in [0.2, 0.25) is 0 Å². The summed E-state index contributed by atoms with van der Waals surface area (Å²) in [4.78, 5) is 29.2. The van der Waals surface area contributed by atoms with Gasteiger partial charge in [0.1, 0.15) is 5.82 Å². The van der Waals surface area contributed by atoms with Gasteiger partial charge in [-0.2, -0.15) is 5.10 Å². The van der Waals surface area contributed by atoms with Crippen molar-refractivity contribution in [1.29, 1.82) is 0 Å². The highest BCUT2D eigenvalue weighted by atomic mass is 16.3. The molecule has 0 atom stereocenters. The second kappa shape index (κ2) is 9.99. The normalized spacial score (nSPS) is 14.1. The SMILES string of the molecule is Cc1ccc(-c2cc(NC(=O)CN3CCN(C(=O)c4ccco4)CC3)n(-c3ccccc3)n2)cc1. The smallest absolute Gasteiger partial charge is 0.289 e. The van der Waals surface area contributed by atoms with Gasteiger partial charge in [0.25, 0.3) is 5.91 Å². The molecule has 2 aromatic carbocycles. The Bertz CT molecular complexity index is 1290. The van der Waals surface area contributed by atoms with Crippen LogP contribution in [0.25, 0.3) is 16.9 Å². The van der Waals surface area contributed by atoms with Crippen LogP contribution in [0.3, 0.4) is 0 Å². The standard InChI is InChI=1S/C27H27N5O3/c1-20-9-11-21(12-10-20)23-18-25(32(29-23)22-6-3-2-4-7-22)28-26(33)19-30-13-15-31(16-14-30)27(34)24-8-5-17-35-24/h2-12,17-18H,13-16,19H2,1H3,(H,28,33). The first-order valence-electron chi connectivity index (χ1n) is 11.6. The van der Waals surface area contributed by atoms with E-state index in [1.165, 1.54) is 11.8 Å². The maximum atomic E-state index is 13.0. The summed E-state index contributed by atoms with van der Waals surface area (Å²) >= 11 is 0. The number of amides is 2. The van der Waals surface area contributed by atoms with E-state index in [2.05, 4.69) is 5.32 Å². The van der Waals surface area contributed by atoms with Gasteiger partial charge in [0.2, 0.25) is 5.91 Å². The van der Waals surface area contributed by atoms with Crippen molar-refractivity contribution in [2.24, 2.45) is 0 Å². The van der Waals surface area contributed by atoms with E-state index in [-0.39, 0.29) is 18.4 Å². The summed E-state index contributed by atoms with van der Waals surface area (Å²) < 4.78 is 6.97. The molecule has 2 amide bonds. The van der Waals surface area contributed by atoms with Crippen LogP contribution in [0.5, 0.6) is 0 Å². The number of aromatic nitrogens is 2. The molecule has 0 spiro atoms. The van der Waals surface area contributed by atoms with Gasteiger partial charge in [-0.15, -0.1) is 0 Å². The number of carbonyl (C=O) groups excluding carboxylic acids is 2. The highest BCUT2D eigenvalue weighted by Gasteiger charge is 2.25. The first-order chi connectivity index (χ1) is 17.1. The fourth-order valence-corrected chi connectivity index (χ4v) is 4.15. The minimum Gasteiger partial charge on any atom is -0.459 e. The molecule has 0 bridgehead atoms. The summed E-state index contributed by atoms with van der Waals surface area (Å²) in [5.74, 6) is 0.719. The summed E-state index contributed by atoms with van der Waals surface area (Å²) in [7, 11) is 0. The molecular weight excluding hydrogens is 442 g/mol. The van der Waals surface area contributed by atoms with Gasteiger partial charge in [-0.1, -0.05) is 48.0 Å². The van der Waals surface area contributed by atoms with E-state index >= 15 is 0 Å². The van der Waals surface area contributed by atoms with E-state index < -0.39 is 0 Å². The first kappa shape index (κ1) is 22.6. The number of hydrogen-bond acceptors (Lipinski definition) is 5. The van der Waals surface area contributed by atoms with Crippen LogP contribution in [-0.4, -0.2) is 64.1 Å². The minimum absolute atomic E-state index is 0.116. The Labute approximate surface area is 203 Å². The molecule has 8 nitrogen and oxygen atoms in total. The molecule has 3 heterocycles. The van der Waals surface area contributed by atoms with Crippen molar-refractivity contribution in [2.45, 2.75) is 6.92 Å². The highest BCUT2D eigenvalue weighted by Crippen LogP contribution is 2.25. The quantitative estimate of drug-likeness (QED) is 0.464. The first-order valence-corrected chi connectivity index (χ1v) is 11.6. The van der Waals surface area contributed by atoms with Crippen molar-refractivity contribution in [2.75, 3.05) is 38.0 Å². The average molecular weight is 470 g/mol. The molecule has 1 aliphatic heterocycles. The molecule has 1 N–H and O–H groups in total. The third-order valence-corrected chi connectivity index (χ3v) is 6.08. The molecule has 35 heavy (non-hydrogen) atoms. The van der Waals surface area contributed by atoms with E-state index in [4.69, 9.17) is 9.52 Å². The Balaban J connectivity index is 1.26. The fourth-order valence-electron chi connectivity index (χ4n) is 4.15. The lowest BCUT2D eigenvalue weighted by Crippen LogP contribution is -2.50. The van der Waals surface area contributed by atoms with Crippen molar-refractivity contribution in [1.82, 2.24) is 19.6 Å². The maximum absolute atomic E-state index is 13.0. The van der Waals surface area contributed by atoms with Gasteiger partial charge in [0.15, 0.2) is 5.76 Å². The van der Waals surface area contributed by atoms with Gasteiger partial charge in [0.05, 0.1) is 24.2 Å². The predicted molar refractivity (Wildman–Crippen MR) is 133 cm³/mol. The van der Waals surface area contributed by atoms with E-state index in [0.29, 0.717) is 37.8 Å². The van der Waals surface area contributed by atoms with Crippen LogP contribution >= 0.6 is 0 Å². The largest absolute Gasteiger partial charge is 0.459 e. The summed E-state index contributed by atoms with van der Waals surface area (Å²) in [5.41, 5.74) is 3.81. The Hall–Kier alpha value is -4.17. The van der Waals surface area contributed by atoms with E-state index in [1.54, 1.807) is 21.7 Å². The molecule has 2 aromatic heterocycles. The van der Waals surface area contributed by atoms with Gasteiger partial charge in [-0.05, 0) is 31.2 Å². The number of hydrogen-bond donors (Lipinski definition) is 1. The highest BCUT2D eigenvalue weighted by molar-refractivity contribution is 5.93. The molecule has 1 saturated heterocycles. The molecule has 0 aliphatic carbocycles. The third kappa shape index (κ3) is 5.17. The molecule has 1 fully saturated rings. The molecule has 5 rings (SSSR count). The van der Waals surface area contributed by atoms with Crippen LogP contribution < -0.4 is 5.32 Å². The zero-order valence-corrected chi connectivity index (χ0v) is 19.6. The molecule has 0 radical (unpaired) electrons. The van der Waals surface area contributed by atoms with Crippen LogP contribution in [0.1, 0.15) is 16.1 Å². The number of nitrogens with zero attached hydrogens (tertiary/aromatic N) is 4. The summed E-state index contributed by atoms with van der Waals surface area (Å²) in [5, 5.41) is 7.81. The van der Waals surface area contributed by atoms with Gasteiger partial charge >= 0.3 is 0 Å². The molecule has 178 valence electrons. The van der Waals surface area contributed by atoms with Crippen LogP contribution in [0.4, 0.5) is 5.82 Å². The molecule has 4 aromatic rings. The Morgan fingerprint density at radius 3 is 2.37 bits per heavy atom. The maximum Gasteiger partial charge on any atom is 0.289 e. The number of rotatable bonds is 6. The predicted octanol–water partition coefficient (Wildman–Crippen LogP) is 3.84. The molecule has 8 heteroatoms. The van der Waals surface area contributed by atoms with Crippen LogP contribution in [0.15, 0.2) is 83.5 Å². The molecular formula is C27H27N5O3. The van der Waals surface area contributed by atoms with Crippen LogP contribution in [0, 0.1) is 6.92 Å². The average Bonchev–Trinajstić information content (AvgIpc) is 3.56. The number of para-hydroxylation sites is 1. The number of carbonyl (C=O) groups is 2. The van der Waals surface area contributed by atoms with E-state index in [9.17, 15) is 9.59 Å². The van der Waals surface area contributed by atoms with Crippen molar-refractivity contribution in [3.63, 3.8) is 0 Å². The third-order valence-electron chi connectivity index (χ3n) is 6.08. The summed E-state index contributed by atoms with van der Waals surface area (Å²) in [6.07, 6.45) is 1.50. The van der Waals surface area contributed by atoms with Crippen molar-refractivity contribution >= 4 is 17.6 Å². The number of benzene rings is 2. The lowest BCUT2D eigenvalue weighted by molar-refractivity contribution is -0.117. The number of furan rings is 1.